The van der Waals surface area contributed by atoms with Gasteiger partial charge in [0.1, 0.15) is 6.61 Å². The third-order valence-corrected chi connectivity index (χ3v) is 5.57. The Kier molecular flexibility index (Phi) is 5.22. The van der Waals surface area contributed by atoms with Crippen molar-refractivity contribution in [3.8, 4) is 0 Å². The summed E-state index contributed by atoms with van der Waals surface area (Å²) in [5, 5.41) is 9.83. The Morgan fingerprint density at radius 1 is 1.24 bits per heavy atom. The molecular formula is C22H23N3O4. The van der Waals surface area contributed by atoms with Gasteiger partial charge in [-0.25, -0.2) is 10.3 Å². The number of aryl methyl sites for hydroxylation is 1. The van der Waals surface area contributed by atoms with Crippen LogP contribution in [0.15, 0.2) is 48.5 Å². The molecule has 0 aliphatic heterocycles. The molecule has 1 aromatic heterocycles. The summed E-state index contributed by atoms with van der Waals surface area (Å²) in [5.74, 6) is -0.546. The van der Waals surface area contributed by atoms with E-state index >= 15 is 0 Å². The van der Waals surface area contributed by atoms with Crippen LogP contribution < -0.4 is 5.48 Å². The molecule has 4 rings (SSSR count). The smallest absolute Gasteiger partial charge is 0.410 e. The first-order valence-electron chi connectivity index (χ1n) is 9.58. The summed E-state index contributed by atoms with van der Waals surface area (Å²) in [4.78, 5) is 29.4. The summed E-state index contributed by atoms with van der Waals surface area (Å²) in [7, 11) is 1.77. The SMILES string of the molecule is CN(C(=O)OCc1ccccc1)C1CCc2[nH]c3ccc(C(=O)NO)cc3c2C1. The molecule has 1 atom stereocenters. The second-order valence-corrected chi connectivity index (χ2v) is 7.33. The van der Waals surface area contributed by atoms with Gasteiger partial charge < -0.3 is 14.6 Å². The number of hydroxylamine groups is 1. The molecule has 0 saturated carbocycles. The molecule has 2 amide bonds. The summed E-state index contributed by atoms with van der Waals surface area (Å²) in [6, 6.07) is 14.9. The van der Waals surface area contributed by atoms with Gasteiger partial charge in [-0.15, -0.1) is 0 Å². The van der Waals surface area contributed by atoms with Crippen molar-refractivity contribution in [2.45, 2.75) is 31.9 Å². The van der Waals surface area contributed by atoms with Crippen LogP contribution in [-0.2, 0) is 24.2 Å². The molecular weight excluding hydrogens is 370 g/mol. The number of ether oxygens (including phenoxy) is 1. The molecule has 1 unspecified atom stereocenters. The van der Waals surface area contributed by atoms with Crippen molar-refractivity contribution in [1.29, 1.82) is 0 Å². The lowest BCUT2D eigenvalue weighted by Crippen LogP contribution is -2.40. The highest BCUT2D eigenvalue weighted by Crippen LogP contribution is 2.31. The van der Waals surface area contributed by atoms with Crippen LogP contribution in [0, 0.1) is 0 Å². The number of likely N-dealkylation sites (N-methyl/N-ethyl adjacent to an activating group) is 1. The first-order chi connectivity index (χ1) is 14.1. The highest BCUT2D eigenvalue weighted by atomic mass is 16.6. The van der Waals surface area contributed by atoms with Gasteiger partial charge in [0.15, 0.2) is 0 Å². The minimum atomic E-state index is -0.546. The van der Waals surface area contributed by atoms with E-state index in [-0.39, 0.29) is 18.7 Å². The van der Waals surface area contributed by atoms with E-state index in [1.165, 1.54) is 0 Å². The van der Waals surface area contributed by atoms with E-state index in [4.69, 9.17) is 9.94 Å². The predicted molar refractivity (Wildman–Crippen MR) is 108 cm³/mol. The van der Waals surface area contributed by atoms with E-state index < -0.39 is 5.91 Å². The fourth-order valence-corrected chi connectivity index (χ4v) is 3.91. The van der Waals surface area contributed by atoms with E-state index in [1.54, 1.807) is 29.6 Å². The number of hydrogen-bond donors (Lipinski definition) is 3. The van der Waals surface area contributed by atoms with Crippen LogP contribution in [0.5, 0.6) is 0 Å². The van der Waals surface area contributed by atoms with Gasteiger partial charge in [0, 0.05) is 35.2 Å². The van der Waals surface area contributed by atoms with Crippen molar-refractivity contribution >= 4 is 22.9 Å². The van der Waals surface area contributed by atoms with Gasteiger partial charge in [-0.3, -0.25) is 10.0 Å². The summed E-state index contributed by atoms with van der Waals surface area (Å²) in [5.41, 5.74) is 6.18. The van der Waals surface area contributed by atoms with Crippen LogP contribution in [0.4, 0.5) is 4.79 Å². The number of carbonyl (C=O) groups excluding carboxylic acids is 2. The zero-order chi connectivity index (χ0) is 20.4. The third-order valence-electron chi connectivity index (χ3n) is 5.57. The first-order valence-corrected chi connectivity index (χ1v) is 9.58. The molecule has 0 radical (unpaired) electrons. The summed E-state index contributed by atoms with van der Waals surface area (Å²) >= 11 is 0. The highest BCUT2D eigenvalue weighted by Gasteiger charge is 2.28. The Balaban J connectivity index is 1.49. The number of aromatic amines is 1. The molecule has 3 aromatic rings. The van der Waals surface area contributed by atoms with E-state index in [1.807, 2.05) is 36.4 Å². The molecule has 1 aliphatic carbocycles. The molecule has 7 heteroatoms. The number of hydrogen-bond acceptors (Lipinski definition) is 4. The largest absolute Gasteiger partial charge is 0.445 e. The number of nitrogens with zero attached hydrogens (tertiary/aromatic N) is 1. The second-order valence-electron chi connectivity index (χ2n) is 7.33. The minimum absolute atomic E-state index is 0.0140. The number of rotatable bonds is 4. The molecule has 3 N–H and O–H groups in total. The Morgan fingerprint density at radius 3 is 2.79 bits per heavy atom. The van der Waals surface area contributed by atoms with Crippen molar-refractivity contribution in [1.82, 2.24) is 15.4 Å². The van der Waals surface area contributed by atoms with Crippen molar-refractivity contribution in [3.05, 3.63) is 70.9 Å². The van der Waals surface area contributed by atoms with Crippen LogP contribution in [0.25, 0.3) is 10.9 Å². The standard InChI is InChI=1S/C22H23N3O4/c1-25(22(27)29-13-14-5-3-2-4-6-14)16-8-10-20-18(12-16)17-11-15(21(26)24-28)7-9-19(17)23-20/h2-7,9,11,16,23,28H,8,10,12-13H2,1H3,(H,24,26). The van der Waals surface area contributed by atoms with Gasteiger partial charge in [-0.05, 0) is 48.6 Å². The summed E-state index contributed by atoms with van der Waals surface area (Å²) in [6.45, 7) is 0.245. The number of carbonyl (C=O) groups is 2. The van der Waals surface area contributed by atoms with Gasteiger partial charge in [-0.2, -0.15) is 0 Å². The third kappa shape index (κ3) is 3.82. The Morgan fingerprint density at radius 2 is 2.03 bits per heavy atom. The normalized spacial score (nSPS) is 15.6. The number of benzene rings is 2. The van der Waals surface area contributed by atoms with Gasteiger partial charge in [0.25, 0.3) is 5.91 Å². The molecule has 2 aromatic carbocycles. The van der Waals surface area contributed by atoms with E-state index in [9.17, 15) is 9.59 Å². The predicted octanol–water partition coefficient (Wildman–Crippen LogP) is 3.41. The lowest BCUT2D eigenvalue weighted by atomic mass is 9.90. The zero-order valence-electron chi connectivity index (χ0n) is 16.1. The Hall–Kier alpha value is -3.32. The van der Waals surface area contributed by atoms with Gasteiger partial charge >= 0.3 is 6.09 Å². The first kappa shape index (κ1) is 19.0. The van der Waals surface area contributed by atoms with E-state index in [0.29, 0.717) is 12.0 Å². The van der Waals surface area contributed by atoms with Crippen LogP contribution >= 0.6 is 0 Å². The number of amides is 2. The lowest BCUT2D eigenvalue weighted by Gasteiger charge is -2.30. The van der Waals surface area contributed by atoms with Gasteiger partial charge in [-0.1, -0.05) is 30.3 Å². The van der Waals surface area contributed by atoms with Crippen molar-refractivity contribution in [2.75, 3.05) is 7.05 Å². The molecule has 0 bridgehead atoms. The maximum Gasteiger partial charge on any atom is 0.410 e. The van der Waals surface area contributed by atoms with Crippen LogP contribution in [-0.4, -0.2) is 40.2 Å². The topological polar surface area (TPSA) is 94.7 Å². The fraction of sp³-hybridized carbons (Fsp3) is 0.273. The number of nitrogens with one attached hydrogen (secondary N) is 2. The number of aromatic nitrogens is 1. The molecule has 1 heterocycles. The molecule has 150 valence electrons. The summed E-state index contributed by atoms with van der Waals surface area (Å²) in [6.07, 6.45) is 1.98. The lowest BCUT2D eigenvalue weighted by molar-refractivity contribution is 0.0706. The Bertz CT molecular complexity index is 1040. The quantitative estimate of drug-likeness (QED) is 0.468. The molecule has 7 nitrogen and oxygen atoms in total. The van der Waals surface area contributed by atoms with Crippen molar-refractivity contribution in [3.63, 3.8) is 0 Å². The molecule has 1 aliphatic rings. The summed E-state index contributed by atoms with van der Waals surface area (Å²) < 4.78 is 5.46. The number of H-pyrrole nitrogens is 1. The van der Waals surface area contributed by atoms with E-state index in [2.05, 4.69) is 4.98 Å². The zero-order valence-corrected chi connectivity index (χ0v) is 16.1. The Labute approximate surface area is 168 Å². The monoisotopic (exact) mass is 393 g/mol. The fourth-order valence-electron chi connectivity index (χ4n) is 3.91. The highest BCUT2D eigenvalue weighted by molar-refractivity contribution is 5.98. The maximum atomic E-state index is 12.5. The van der Waals surface area contributed by atoms with Crippen molar-refractivity contribution in [2.24, 2.45) is 0 Å². The molecule has 0 spiro atoms. The maximum absolute atomic E-state index is 12.5. The minimum Gasteiger partial charge on any atom is -0.445 e. The molecule has 0 fully saturated rings. The molecule has 0 saturated heterocycles. The average molecular weight is 393 g/mol. The van der Waals surface area contributed by atoms with Gasteiger partial charge in [0.2, 0.25) is 0 Å². The van der Waals surface area contributed by atoms with Gasteiger partial charge in [0.05, 0.1) is 0 Å². The average Bonchev–Trinajstić information content (AvgIpc) is 3.14. The number of fused-ring (bicyclic) bond motifs is 3. The van der Waals surface area contributed by atoms with Crippen LogP contribution in [0.3, 0.4) is 0 Å². The van der Waals surface area contributed by atoms with Crippen LogP contribution in [0.1, 0.15) is 33.6 Å². The van der Waals surface area contributed by atoms with Crippen LogP contribution in [0.2, 0.25) is 0 Å². The second kappa shape index (κ2) is 7.97. The van der Waals surface area contributed by atoms with E-state index in [0.717, 1.165) is 40.6 Å². The molecule has 29 heavy (non-hydrogen) atoms. The van der Waals surface area contributed by atoms with Crippen molar-refractivity contribution < 1.29 is 19.5 Å².